The molecule has 13 heavy (non-hydrogen) atoms. The van der Waals surface area contributed by atoms with Crippen molar-refractivity contribution in [2.45, 2.75) is 32.5 Å². The Morgan fingerprint density at radius 2 is 2.38 bits per heavy atom. The molecular weight excluding hydrogens is 164 g/mol. The highest BCUT2D eigenvalue weighted by atomic mass is 16.5. The van der Waals surface area contributed by atoms with Gasteiger partial charge in [-0.15, -0.1) is 0 Å². The first kappa shape index (κ1) is 9.44. The third kappa shape index (κ3) is 2.03. The van der Waals surface area contributed by atoms with Crippen molar-refractivity contribution in [1.82, 2.24) is 10.2 Å². The zero-order valence-corrected chi connectivity index (χ0v) is 8.62. The minimum absolute atomic E-state index is 0.326. The zero-order valence-electron chi connectivity index (χ0n) is 8.62. The first-order chi connectivity index (χ1) is 6.29. The largest absolute Gasteiger partial charge is 0.361 e. The van der Waals surface area contributed by atoms with Crippen molar-refractivity contribution in [3.8, 4) is 0 Å². The van der Waals surface area contributed by atoms with Crippen LogP contribution in [0.15, 0.2) is 0 Å². The maximum Gasteiger partial charge on any atom is 0.112 e. The molecule has 0 radical (unpaired) electrons. The van der Waals surface area contributed by atoms with E-state index in [2.05, 4.69) is 24.1 Å². The van der Waals surface area contributed by atoms with Crippen LogP contribution in [0.25, 0.3) is 0 Å². The number of hydrogen-bond acceptors (Lipinski definition) is 3. The minimum Gasteiger partial charge on any atom is -0.361 e. The molecule has 0 aromatic carbocycles. The standard InChI is InChI=1S/C10H20N2O/c1-3-12-5-4-9(6-12)10-11-8(2)7-13-10/h8-11H,3-7H2,1-2H3. The summed E-state index contributed by atoms with van der Waals surface area (Å²) in [5.41, 5.74) is 0. The van der Waals surface area contributed by atoms with Crippen molar-refractivity contribution < 1.29 is 4.74 Å². The molecule has 0 spiro atoms. The second kappa shape index (κ2) is 3.95. The molecule has 2 aliphatic heterocycles. The van der Waals surface area contributed by atoms with Crippen molar-refractivity contribution in [3.63, 3.8) is 0 Å². The fraction of sp³-hybridized carbons (Fsp3) is 1.00. The van der Waals surface area contributed by atoms with Crippen LogP contribution in [-0.2, 0) is 4.74 Å². The number of nitrogens with one attached hydrogen (secondary N) is 1. The van der Waals surface area contributed by atoms with E-state index in [0.717, 1.165) is 6.61 Å². The molecule has 3 unspecified atom stereocenters. The normalized spacial score (nSPS) is 41.5. The number of likely N-dealkylation sites (tertiary alicyclic amines) is 1. The van der Waals surface area contributed by atoms with E-state index in [1.807, 2.05) is 0 Å². The molecule has 3 heteroatoms. The van der Waals surface area contributed by atoms with Gasteiger partial charge in [0.25, 0.3) is 0 Å². The summed E-state index contributed by atoms with van der Waals surface area (Å²) < 4.78 is 5.70. The van der Waals surface area contributed by atoms with E-state index in [0.29, 0.717) is 18.2 Å². The second-order valence-corrected chi connectivity index (χ2v) is 4.26. The summed E-state index contributed by atoms with van der Waals surface area (Å²) in [5, 5.41) is 3.49. The number of nitrogens with zero attached hydrogens (tertiary/aromatic N) is 1. The fourth-order valence-electron chi connectivity index (χ4n) is 2.29. The quantitative estimate of drug-likeness (QED) is 0.682. The van der Waals surface area contributed by atoms with Gasteiger partial charge in [-0.2, -0.15) is 0 Å². The monoisotopic (exact) mass is 184 g/mol. The van der Waals surface area contributed by atoms with Gasteiger partial charge in [0.05, 0.1) is 6.61 Å². The predicted octanol–water partition coefficient (Wildman–Crippen LogP) is 0.663. The van der Waals surface area contributed by atoms with E-state index in [-0.39, 0.29) is 0 Å². The van der Waals surface area contributed by atoms with Crippen LogP contribution in [0.1, 0.15) is 20.3 Å². The molecule has 0 bridgehead atoms. The van der Waals surface area contributed by atoms with Gasteiger partial charge in [0.1, 0.15) is 6.23 Å². The molecule has 3 nitrogen and oxygen atoms in total. The Balaban J connectivity index is 1.82. The Morgan fingerprint density at radius 3 is 2.92 bits per heavy atom. The lowest BCUT2D eigenvalue weighted by Crippen LogP contribution is -2.36. The van der Waals surface area contributed by atoms with E-state index in [9.17, 15) is 0 Å². The lowest BCUT2D eigenvalue weighted by atomic mass is 10.1. The van der Waals surface area contributed by atoms with Crippen molar-refractivity contribution in [3.05, 3.63) is 0 Å². The van der Waals surface area contributed by atoms with E-state index in [1.54, 1.807) is 0 Å². The molecule has 2 aliphatic rings. The summed E-state index contributed by atoms with van der Waals surface area (Å²) in [6.45, 7) is 8.94. The number of rotatable bonds is 2. The molecule has 0 saturated carbocycles. The highest BCUT2D eigenvalue weighted by Crippen LogP contribution is 2.22. The summed E-state index contributed by atoms with van der Waals surface area (Å²) in [6, 6.07) is 0.542. The fourth-order valence-corrected chi connectivity index (χ4v) is 2.29. The maximum atomic E-state index is 5.70. The Kier molecular flexibility index (Phi) is 2.86. The molecule has 2 heterocycles. The van der Waals surface area contributed by atoms with Gasteiger partial charge >= 0.3 is 0 Å². The summed E-state index contributed by atoms with van der Waals surface area (Å²) >= 11 is 0. The van der Waals surface area contributed by atoms with Crippen LogP contribution < -0.4 is 5.32 Å². The van der Waals surface area contributed by atoms with Gasteiger partial charge in [-0.05, 0) is 26.4 Å². The Morgan fingerprint density at radius 1 is 1.54 bits per heavy atom. The van der Waals surface area contributed by atoms with Gasteiger partial charge in [-0.3, -0.25) is 5.32 Å². The van der Waals surface area contributed by atoms with Crippen molar-refractivity contribution in [2.24, 2.45) is 5.92 Å². The van der Waals surface area contributed by atoms with Gasteiger partial charge in [0.2, 0.25) is 0 Å². The van der Waals surface area contributed by atoms with Crippen LogP contribution in [0.3, 0.4) is 0 Å². The minimum atomic E-state index is 0.326. The van der Waals surface area contributed by atoms with E-state index >= 15 is 0 Å². The molecule has 3 atom stereocenters. The number of hydrogen-bond donors (Lipinski definition) is 1. The summed E-state index contributed by atoms with van der Waals surface area (Å²) in [5.74, 6) is 0.713. The predicted molar refractivity (Wildman–Crippen MR) is 52.6 cm³/mol. The second-order valence-electron chi connectivity index (χ2n) is 4.26. The molecule has 2 saturated heterocycles. The van der Waals surface area contributed by atoms with Gasteiger partial charge < -0.3 is 9.64 Å². The first-order valence-electron chi connectivity index (χ1n) is 5.39. The van der Waals surface area contributed by atoms with Gasteiger partial charge in [-0.25, -0.2) is 0 Å². The van der Waals surface area contributed by atoms with E-state index < -0.39 is 0 Å². The molecule has 0 amide bonds. The van der Waals surface area contributed by atoms with Crippen LogP contribution >= 0.6 is 0 Å². The lowest BCUT2D eigenvalue weighted by Gasteiger charge is -2.18. The van der Waals surface area contributed by atoms with Crippen molar-refractivity contribution in [2.75, 3.05) is 26.2 Å². The average molecular weight is 184 g/mol. The first-order valence-corrected chi connectivity index (χ1v) is 5.39. The molecule has 1 N–H and O–H groups in total. The molecule has 2 rings (SSSR count). The van der Waals surface area contributed by atoms with Crippen LogP contribution in [0.5, 0.6) is 0 Å². The molecule has 0 aliphatic carbocycles. The average Bonchev–Trinajstić information content (AvgIpc) is 2.71. The zero-order chi connectivity index (χ0) is 9.26. The molecule has 2 fully saturated rings. The van der Waals surface area contributed by atoms with E-state index in [1.165, 1.54) is 26.1 Å². The molecule has 0 aromatic heterocycles. The van der Waals surface area contributed by atoms with Crippen LogP contribution in [0, 0.1) is 5.92 Å². The highest BCUT2D eigenvalue weighted by molar-refractivity contribution is 4.84. The SMILES string of the molecule is CCN1CCC(C2NC(C)CO2)C1. The van der Waals surface area contributed by atoms with Gasteiger partial charge in [0, 0.05) is 18.5 Å². The van der Waals surface area contributed by atoms with Crippen LogP contribution in [0.4, 0.5) is 0 Å². The topological polar surface area (TPSA) is 24.5 Å². The third-order valence-electron chi connectivity index (χ3n) is 3.16. The lowest BCUT2D eigenvalue weighted by molar-refractivity contribution is 0.0547. The summed E-state index contributed by atoms with van der Waals surface area (Å²) in [7, 11) is 0. The molecule has 0 aromatic rings. The van der Waals surface area contributed by atoms with Crippen LogP contribution in [-0.4, -0.2) is 43.4 Å². The van der Waals surface area contributed by atoms with Crippen LogP contribution in [0.2, 0.25) is 0 Å². The van der Waals surface area contributed by atoms with Gasteiger partial charge in [-0.1, -0.05) is 6.92 Å². The Hall–Kier alpha value is -0.120. The van der Waals surface area contributed by atoms with Crippen molar-refractivity contribution >= 4 is 0 Å². The maximum absolute atomic E-state index is 5.70. The van der Waals surface area contributed by atoms with Gasteiger partial charge in [0.15, 0.2) is 0 Å². The Bertz CT molecular complexity index is 174. The molecule has 76 valence electrons. The highest BCUT2D eigenvalue weighted by Gasteiger charge is 2.33. The smallest absolute Gasteiger partial charge is 0.112 e. The summed E-state index contributed by atoms with van der Waals surface area (Å²) in [6.07, 6.45) is 1.62. The Labute approximate surface area is 80.4 Å². The summed E-state index contributed by atoms with van der Waals surface area (Å²) in [4.78, 5) is 2.50. The molecular formula is C10H20N2O. The van der Waals surface area contributed by atoms with Crippen molar-refractivity contribution in [1.29, 1.82) is 0 Å². The van der Waals surface area contributed by atoms with E-state index in [4.69, 9.17) is 4.74 Å². The number of ether oxygens (including phenoxy) is 1. The third-order valence-corrected chi connectivity index (χ3v) is 3.16.